The molecule has 9 heteroatoms. The highest BCUT2D eigenvalue weighted by molar-refractivity contribution is 7.89. The van der Waals surface area contributed by atoms with E-state index in [0.29, 0.717) is 17.5 Å². The summed E-state index contributed by atoms with van der Waals surface area (Å²) < 4.78 is 49.8. The molecule has 3 rings (SSSR count). The Morgan fingerprint density at radius 1 is 1.19 bits per heavy atom. The third-order valence-electron chi connectivity index (χ3n) is 3.55. The zero-order valence-corrected chi connectivity index (χ0v) is 14.7. The van der Waals surface area contributed by atoms with Crippen molar-refractivity contribution in [3.05, 3.63) is 60.2 Å². The molecule has 26 heavy (non-hydrogen) atoms. The number of aromatic nitrogens is 2. The average Bonchev–Trinajstić information content (AvgIpc) is 3.11. The number of hydrogen-bond donors (Lipinski definition) is 1. The van der Waals surface area contributed by atoms with E-state index in [9.17, 15) is 12.8 Å². The molecule has 0 radical (unpaired) electrons. The van der Waals surface area contributed by atoms with Crippen molar-refractivity contribution in [3.63, 3.8) is 0 Å². The summed E-state index contributed by atoms with van der Waals surface area (Å²) in [6.45, 7) is 0.0689. The number of nitrogens with zero attached hydrogens (tertiary/aromatic N) is 2. The van der Waals surface area contributed by atoms with Crippen molar-refractivity contribution in [2.24, 2.45) is 0 Å². The van der Waals surface area contributed by atoms with Crippen LogP contribution in [0.5, 0.6) is 5.75 Å². The van der Waals surface area contributed by atoms with E-state index in [2.05, 4.69) is 14.9 Å². The van der Waals surface area contributed by atoms with Crippen molar-refractivity contribution < 1.29 is 22.1 Å². The molecule has 0 unspecified atom stereocenters. The first-order valence-corrected chi connectivity index (χ1v) is 9.18. The van der Waals surface area contributed by atoms with Crippen LogP contribution < -0.4 is 9.46 Å². The van der Waals surface area contributed by atoms with Crippen LogP contribution in [-0.4, -0.2) is 32.2 Å². The Hall–Kier alpha value is -2.78. The first-order chi connectivity index (χ1) is 12.5. The van der Waals surface area contributed by atoms with Gasteiger partial charge >= 0.3 is 0 Å². The van der Waals surface area contributed by atoms with Crippen molar-refractivity contribution in [1.82, 2.24) is 14.9 Å². The van der Waals surface area contributed by atoms with Crippen LogP contribution >= 0.6 is 0 Å². The Morgan fingerprint density at radius 3 is 2.69 bits per heavy atom. The van der Waals surface area contributed by atoms with Crippen LogP contribution in [-0.2, 0) is 16.4 Å². The molecule has 136 valence electrons. The summed E-state index contributed by atoms with van der Waals surface area (Å²) in [6, 6.07) is 11.8. The highest BCUT2D eigenvalue weighted by Gasteiger charge is 2.15. The van der Waals surface area contributed by atoms with E-state index < -0.39 is 15.8 Å². The minimum atomic E-state index is -3.72. The number of rotatable bonds is 7. The van der Waals surface area contributed by atoms with E-state index in [1.54, 1.807) is 25.3 Å². The standard InChI is InChI=1S/C17H16FN3O4S/c1-24-14-4-2-3-12(11-14)17-20-16(25-21-17)9-10-19-26(22,23)15-7-5-13(18)6-8-15/h2-8,11,19H,9-10H2,1H3. The van der Waals surface area contributed by atoms with Gasteiger partial charge in [-0.15, -0.1) is 0 Å². The molecule has 1 aromatic heterocycles. The lowest BCUT2D eigenvalue weighted by Crippen LogP contribution is -2.26. The summed E-state index contributed by atoms with van der Waals surface area (Å²) in [6.07, 6.45) is 0.220. The molecule has 0 spiro atoms. The van der Waals surface area contributed by atoms with E-state index in [4.69, 9.17) is 9.26 Å². The molecular formula is C17H16FN3O4S. The Morgan fingerprint density at radius 2 is 1.96 bits per heavy atom. The molecule has 0 aliphatic heterocycles. The molecule has 0 saturated heterocycles. The van der Waals surface area contributed by atoms with Gasteiger partial charge in [-0.25, -0.2) is 17.5 Å². The third-order valence-corrected chi connectivity index (χ3v) is 5.03. The summed E-state index contributed by atoms with van der Waals surface area (Å²) >= 11 is 0. The normalized spacial score (nSPS) is 11.5. The lowest BCUT2D eigenvalue weighted by atomic mass is 10.2. The van der Waals surface area contributed by atoms with Gasteiger partial charge in [0.05, 0.1) is 12.0 Å². The van der Waals surface area contributed by atoms with Crippen LogP contribution in [0.4, 0.5) is 4.39 Å². The number of benzene rings is 2. The molecule has 0 aliphatic rings. The monoisotopic (exact) mass is 377 g/mol. The highest BCUT2D eigenvalue weighted by Crippen LogP contribution is 2.21. The van der Waals surface area contributed by atoms with Crippen molar-refractivity contribution >= 4 is 10.0 Å². The van der Waals surface area contributed by atoms with Gasteiger partial charge in [0.25, 0.3) is 0 Å². The predicted molar refractivity (Wildman–Crippen MR) is 91.6 cm³/mol. The Bertz CT molecular complexity index is 987. The smallest absolute Gasteiger partial charge is 0.240 e. The van der Waals surface area contributed by atoms with Crippen molar-refractivity contribution in [3.8, 4) is 17.1 Å². The fraction of sp³-hybridized carbons (Fsp3) is 0.176. The van der Waals surface area contributed by atoms with Crippen molar-refractivity contribution in [2.75, 3.05) is 13.7 Å². The molecule has 0 aliphatic carbocycles. The lowest BCUT2D eigenvalue weighted by molar-refractivity contribution is 0.379. The first-order valence-electron chi connectivity index (χ1n) is 7.70. The summed E-state index contributed by atoms with van der Waals surface area (Å²) in [5.74, 6) is 0.853. The minimum Gasteiger partial charge on any atom is -0.497 e. The van der Waals surface area contributed by atoms with E-state index in [1.807, 2.05) is 6.07 Å². The number of sulfonamides is 1. The molecule has 1 N–H and O–H groups in total. The van der Waals surface area contributed by atoms with Crippen molar-refractivity contribution in [2.45, 2.75) is 11.3 Å². The van der Waals surface area contributed by atoms with E-state index in [0.717, 1.165) is 17.7 Å². The quantitative estimate of drug-likeness (QED) is 0.679. The summed E-state index contributed by atoms with van der Waals surface area (Å²) in [4.78, 5) is 4.23. The van der Waals surface area contributed by atoms with Crippen LogP contribution in [0.2, 0.25) is 0 Å². The van der Waals surface area contributed by atoms with E-state index in [-0.39, 0.29) is 17.9 Å². The molecular weight excluding hydrogens is 361 g/mol. The van der Waals surface area contributed by atoms with Gasteiger partial charge < -0.3 is 9.26 Å². The fourth-order valence-electron chi connectivity index (χ4n) is 2.23. The topological polar surface area (TPSA) is 94.3 Å². The van der Waals surface area contributed by atoms with Crippen LogP contribution in [0.3, 0.4) is 0 Å². The Labute approximate surface area is 149 Å². The van der Waals surface area contributed by atoms with Gasteiger partial charge in [-0.1, -0.05) is 17.3 Å². The first kappa shape index (κ1) is 18.0. The molecule has 3 aromatic rings. The van der Waals surface area contributed by atoms with Crippen LogP contribution in [0.15, 0.2) is 57.9 Å². The average molecular weight is 377 g/mol. The lowest BCUT2D eigenvalue weighted by Gasteiger charge is -2.05. The number of nitrogens with one attached hydrogen (secondary N) is 1. The molecule has 7 nitrogen and oxygen atoms in total. The van der Waals surface area contributed by atoms with E-state index in [1.165, 1.54) is 12.1 Å². The van der Waals surface area contributed by atoms with Gasteiger partial charge in [0.1, 0.15) is 11.6 Å². The Balaban J connectivity index is 1.62. The van der Waals surface area contributed by atoms with Gasteiger partial charge in [-0.05, 0) is 36.4 Å². The molecule has 0 saturated carbocycles. The Kier molecular flexibility index (Phi) is 5.29. The molecule has 1 heterocycles. The fourth-order valence-corrected chi connectivity index (χ4v) is 3.26. The zero-order valence-electron chi connectivity index (χ0n) is 13.8. The largest absolute Gasteiger partial charge is 0.497 e. The number of hydrogen-bond acceptors (Lipinski definition) is 6. The number of methoxy groups -OCH3 is 1. The number of halogens is 1. The van der Waals surface area contributed by atoms with Crippen molar-refractivity contribution in [1.29, 1.82) is 0 Å². The summed E-state index contributed by atoms with van der Waals surface area (Å²) in [5.41, 5.74) is 0.728. The molecule has 0 fully saturated rings. The SMILES string of the molecule is COc1cccc(-c2noc(CCNS(=O)(=O)c3ccc(F)cc3)n2)c1. The summed E-state index contributed by atoms with van der Waals surface area (Å²) in [7, 11) is -2.16. The maximum atomic E-state index is 12.9. The van der Waals surface area contributed by atoms with Crippen LogP contribution in [0, 0.1) is 5.82 Å². The predicted octanol–water partition coefficient (Wildman–Crippen LogP) is 2.41. The second-order valence-corrected chi connectivity index (χ2v) is 7.11. The van der Waals surface area contributed by atoms with Gasteiger partial charge in [0.2, 0.25) is 21.7 Å². The minimum absolute atomic E-state index is 0.0125. The van der Waals surface area contributed by atoms with Gasteiger partial charge in [0.15, 0.2) is 0 Å². The maximum Gasteiger partial charge on any atom is 0.240 e. The van der Waals surface area contributed by atoms with Gasteiger partial charge in [0, 0.05) is 18.5 Å². The highest BCUT2D eigenvalue weighted by atomic mass is 32.2. The maximum absolute atomic E-state index is 12.9. The molecule has 0 atom stereocenters. The zero-order chi connectivity index (χ0) is 18.6. The van der Waals surface area contributed by atoms with E-state index >= 15 is 0 Å². The summed E-state index contributed by atoms with van der Waals surface area (Å²) in [5, 5.41) is 3.88. The molecule has 0 amide bonds. The van der Waals surface area contributed by atoms with Gasteiger partial charge in [-0.2, -0.15) is 4.98 Å². The number of ether oxygens (including phenoxy) is 1. The van der Waals surface area contributed by atoms with Crippen LogP contribution in [0.1, 0.15) is 5.89 Å². The third kappa shape index (κ3) is 4.24. The second kappa shape index (κ2) is 7.63. The molecule has 0 bridgehead atoms. The van der Waals surface area contributed by atoms with Gasteiger partial charge in [-0.3, -0.25) is 0 Å². The van der Waals surface area contributed by atoms with Crippen LogP contribution in [0.25, 0.3) is 11.4 Å². The second-order valence-electron chi connectivity index (χ2n) is 5.35. The molecule has 2 aromatic carbocycles.